The average molecular weight is 182 g/mol. The molecule has 0 atom stereocenters. The molecule has 0 unspecified atom stereocenters. The van der Waals surface area contributed by atoms with Crippen molar-refractivity contribution in [3.8, 4) is 0 Å². The van der Waals surface area contributed by atoms with Gasteiger partial charge < -0.3 is 5.73 Å². The highest BCUT2D eigenvalue weighted by atomic mass is 35.5. The fourth-order valence-corrected chi connectivity index (χ4v) is 0.892. The molecule has 0 bridgehead atoms. The first-order chi connectivity index (χ1) is 4.24. The van der Waals surface area contributed by atoms with E-state index in [9.17, 15) is 0 Å². The van der Waals surface area contributed by atoms with Crippen molar-refractivity contribution >= 4 is 24.0 Å². The minimum Gasteiger partial charge on any atom is -0.326 e. The molecule has 1 heterocycles. The predicted molar refractivity (Wildman–Crippen MR) is 43.4 cm³/mol. The molecule has 3 nitrogen and oxygen atoms in total. The Morgan fingerprint density at radius 3 is 2.60 bits per heavy atom. The number of hydrogen-bond donors (Lipinski definition) is 1. The van der Waals surface area contributed by atoms with Crippen molar-refractivity contribution in [1.82, 2.24) is 9.78 Å². The number of aromatic nitrogens is 2. The first-order valence-electron chi connectivity index (χ1n) is 2.62. The number of nitrogens with two attached hydrogens (primary N) is 1. The van der Waals surface area contributed by atoms with E-state index >= 15 is 0 Å². The summed E-state index contributed by atoms with van der Waals surface area (Å²) in [5.74, 6) is 0. The van der Waals surface area contributed by atoms with Crippen LogP contribution in [0.5, 0.6) is 0 Å². The van der Waals surface area contributed by atoms with Gasteiger partial charge in [0, 0.05) is 25.4 Å². The molecule has 5 heteroatoms. The molecule has 0 fully saturated rings. The molecule has 1 rings (SSSR count). The lowest BCUT2D eigenvalue weighted by Crippen LogP contribution is -1.94. The van der Waals surface area contributed by atoms with Gasteiger partial charge in [-0.25, -0.2) is 0 Å². The Bertz CT molecular complexity index is 209. The van der Waals surface area contributed by atoms with Crippen molar-refractivity contribution in [2.45, 2.75) is 6.54 Å². The minimum absolute atomic E-state index is 0. The molecule has 0 aliphatic carbocycles. The maximum atomic E-state index is 5.63. The fraction of sp³-hybridized carbons (Fsp3) is 0.400. The molecule has 0 aromatic carbocycles. The standard InChI is InChI=1S/C5H8ClN3.ClH/c1-9-3-4(2-7)5(6)8-9;/h3H,2,7H2,1H3;1H. The first-order valence-corrected chi connectivity index (χ1v) is 3.00. The molecule has 1 aromatic heterocycles. The van der Waals surface area contributed by atoms with E-state index in [1.807, 2.05) is 13.2 Å². The molecule has 0 aliphatic rings. The van der Waals surface area contributed by atoms with Crippen molar-refractivity contribution in [3.63, 3.8) is 0 Å². The third-order valence-electron chi connectivity index (χ3n) is 1.07. The molecule has 0 saturated carbocycles. The summed E-state index contributed by atoms with van der Waals surface area (Å²) in [7, 11) is 1.81. The monoisotopic (exact) mass is 181 g/mol. The highest BCUT2D eigenvalue weighted by Gasteiger charge is 2.00. The van der Waals surface area contributed by atoms with Crippen LogP contribution in [0, 0.1) is 0 Å². The zero-order chi connectivity index (χ0) is 6.85. The van der Waals surface area contributed by atoms with Crippen LogP contribution in [0.2, 0.25) is 5.15 Å². The van der Waals surface area contributed by atoms with Gasteiger partial charge in [0.1, 0.15) is 0 Å². The Hall–Kier alpha value is -0.250. The van der Waals surface area contributed by atoms with Crippen LogP contribution in [0.15, 0.2) is 6.20 Å². The second-order valence-corrected chi connectivity index (χ2v) is 2.18. The molecule has 0 radical (unpaired) electrons. The van der Waals surface area contributed by atoms with Gasteiger partial charge in [-0.2, -0.15) is 5.10 Å². The summed E-state index contributed by atoms with van der Waals surface area (Å²) in [6.07, 6.45) is 1.81. The second-order valence-electron chi connectivity index (χ2n) is 1.82. The Morgan fingerprint density at radius 2 is 2.40 bits per heavy atom. The smallest absolute Gasteiger partial charge is 0.155 e. The zero-order valence-electron chi connectivity index (χ0n) is 5.54. The number of nitrogens with zero attached hydrogens (tertiary/aromatic N) is 2. The highest BCUT2D eigenvalue weighted by Crippen LogP contribution is 2.10. The summed E-state index contributed by atoms with van der Waals surface area (Å²) < 4.78 is 1.64. The SMILES string of the molecule is Cl.Cn1cc(CN)c(Cl)n1. The van der Waals surface area contributed by atoms with E-state index < -0.39 is 0 Å². The summed E-state index contributed by atoms with van der Waals surface area (Å²) in [5, 5.41) is 4.38. The summed E-state index contributed by atoms with van der Waals surface area (Å²) in [6, 6.07) is 0. The lowest BCUT2D eigenvalue weighted by atomic mass is 10.4. The largest absolute Gasteiger partial charge is 0.326 e. The van der Waals surface area contributed by atoms with Gasteiger partial charge in [-0.1, -0.05) is 11.6 Å². The van der Waals surface area contributed by atoms with Crippen LogP contribution >= 0.6 is 24.0 Å². The molecule has 58 valence electrons. The summed E-state index contributed by atoms with van der Waals surface area (Å²) >= 11 is 5.63. The van der Waals surface area contributed by atoms with E-state index in [-0.39, 0.29) is 12.4 Å². The maximum Gasteiger partial charge on any atom is 0.155 e. The predicted octanol–water partition coefficient (Wildman–Crippen LogP) is 0.954. The van der Waals surface area contributed by atoms with Gasteiger partial charge >= 0.3 is 0 Å². The van der Waals surface area contributed by atoms with Crippen molar-refractivity contribution in [3.05, 3.63) is 16.9 Å². The van der Waals surface area contributed by atoms with E-state index in [0.717, 1.165) is 5.56 Å². The summed E-state index contributed by atoms with van der Waals surface area (Å²) in [4.78, 5) is 0. The van der Waals surface area contributed by atoms with E-state index in [1.54, 1.807) is 4.68 Å². The van der Waals surface area contributed by atoms with Gasteiger partial charge in [-0.3, -0.25) is 4.68 Å². The van der Waals surface area contributed by atoms with Gasteiger partial charge in [0.05, 0.1) is 0 Å². The molecule has 0 amide bonds. The molecular weight excluding hydrogens is 173 g/mol. The summed E-state index contributed by atoms with van der Waals surface area (Å²) in [6.45, 7) is 0.451. The number of hydrogen-bond acceptors (Lipinski definition) is 2. The molecule has 1 aromatic rings. The molecule has 0 spiro atoms. The van der Waals surface area contributed by atoms with E-state index in [4.69, 9.17) is 17.3 Å². The van der Waals surface area contributed by atoms with Crippen molar-refractivity contribution in [2.75, 3.05) is 0 Å². The third-order valence-corrected chi connectivity index (χ3v) is 1.39. The van der Waals surface area contributed by atoms with Crippen LogP contribution in [0.4, 0.5) is 0 Å². The number of aryl methyl sites for hydroxylation is 1. The van der Waals surface area contributed by atoms with E-state index in [1.165, 1.54) is 0 Å². The van der Waals surface area contributed by atoms with Gasteiger partial charge in [0.15, 0.2) is 5.15 Å². The molecule has 2 N–H and O–H groups in total. The number of rotatable bonds is 1. The normalized spacial score (nSPS) is 9.10. The Morgan fingerprint density at radius 1 is 1.80 bits per heavy atom. The Balaban J connectivity index is 0.000000810. The average Bonchev–Trinajstić information content (AvgIpc) is 2.10. The van der Waals surface area contributed by atoms with Gasteiger partial charge in [-0.15, -0.1) is 12.4 Å². The van der Waals surface area contributed by atoms with Crippen molar-refractivity contribution in [2.24, 2.45) is 12.8 Å². The van der Waals surface area contributed by atoms with Crippen molar-refractivity contribution < 1.29 is 0 Å². The van der Waals surface area contributed by atoms with Crippen LogP contribution in [0.25, 0.3) is 0 Å². The topological polar surface area (TPSA) is 43.8 Å². The quantitative estimate of drug-likeness (QED) is 0.702. The van der Waals surface area contributed by atoms with E-state index in [0.29, 0.717) is 11.7 Å². The van der Waals surface area contributed by atoms with Crippen LogP contribution in [0.1, 0.15) is 5.56 Å². The highest BCUT2D eigenvalue weighted by molar-refractivity contribution is 6.30. The Kier molecular flexibility index (Phi) is 3.71. The van der Waals surface area contributed by atoms with Crippen molar-refractivity contribution in [1.29, 1.82) is 0 Å². The van der Waals surface area contributed by atoms with E-state index in [2.05, 4.69) is 5.10 Å². The zero-order valence-corrected chi connectivity index (χ0v) is 7.11. The molecule has 10 heavy (non-hydrogen) atoms. The van der Waals surface area contributed by atoms with Gasteiger partial charge in [-0.05, 0) is 0 Å². The Labute approximate surface area is 70.6 Å². The van der Waals surface area contributed by atoms with Crippen LogP contribution in [-0.4, -0.2) is 9.78 Å². The fourth-order valence-electron chi connectivity index (χ4n) is 0.647. The molecule has 0 aliphatic heterocycles. The summed E-state index contributed by atoms with van der Waals surface area (Å²) in [5.41, 5.74) is 6.21. The van der Waals surface area contributed by atoms with Gasteiger partial charge in [0.25, 0.3) is 0 Å². The van der Waals surface area contributed by atoms with Crippen LogP contribution in [-0.2, 0) is 13.6 Å². The first kappa shape index (κ1) is 9.75. The third kappa shape index (κ3) is 1.87. The lowest BCUT2D eigenvalue weighted by molar-refractivity contribution is 0.767. The minimum atomic E-state index is 0. The lowest BCUT2D eigenvalue weighted by Gasteiger charge is -1.83. The maximum absolute atomic E-state index is 5.63. The molecule has 0 saturated heterocycles. The second kappa shape index (κ2) is 3.81. The number of halogens is 2. The van der Waals surface area contributed by atoms with Crippen LogP contribution < -0.4 is 5.73 Å². The molecular formula is C5H9Cl2N3. The van der Waals surface area contributed by atoms with Crippen LogP contribution in [0.3, 0.4) is 0 Å². The van der Waals surface area contributed by atoms with Gasteiger partial charge in [0.2, 0.25) is 0 Å².